The molecule has 6 heteroatoms. The van der Waals surface area contributed by atoms with Crippen LogP contribution in [0.25, 0.3) is 33.4 Å². The van der Waals surface area contributed by atoms with Gasteiger partial charge >= 0.3 is 11.9 Å². The number of methoxy groups -OCH3 is 2. The summed E-state index contributed by atoms with van der Waals surface area (Å²) >= 11 is 0. The molecule has 0 aliphatic heterocycles. The van der Waals surface area contributed by atoms with Gasteiger partial charge < -0.3 is 18.9 Å². The molecule has 0 aliphatic carbocycles. The number of aryl methyl sites for hydroxylation is 2. The maximum Gasteiger partial charge on any atom is 0.335 e. The largest absolute Gasteiger partial charge is 0.462 e. The minimum atomic E-state index is -0.404. The molecular weight excluding hydrogens is 576 g/mol. The van der Waals surface area contributed by atoms with Gasteiger partial charge in [-0.25, -0.2) is 9.59 Å². The number of ether oxygens (including phenoxy) is 4. The van der Waals surface area contributed by atoms with Crippen LogP contribution in [0.1, 0.15) is 24.0 Å². The van der Waals surface area contributed by atoms with Crippen LogP contribution in [0.2, 0.25) is 0 Å². The predicted molar refractivity (Wildman–Crippen MR) is 183 cm³/mol. The minimum Gasteiger partial charge on any atom is -0.462 e. The molecule has 0 N–H and O–H groups in total. The second-order valence-corrected chi connectivity index (χ2v) is 11.1. The third-order valence-corrected chi connectivity index (χ3v) is 7.58. The minimum absolute atomic E-state index is 0.183. The predicted octanol–water partition coefficient (Wildman–Crippen LogP) is 8.04. The lowest BCUT2D eigenvalue weighted by Crippen LogP contribution is -2.12. The SMILES string of the molecule is C=C(COC)C(=O)OCCCc1ccc(-c2ccc(-c3ccc(-c4ccc(CCCOC(=O)C(=C)COC)cc4)cc3)cc2)cc1. The van der Waals surface area contributed by atoms with E-state index in [-0.39, 0.29) is 13.2 Å². The van der Waals surface area contributed by atoms with Gasteiger partial charge in [-0.3, -0.25) is 0 Å². The Kier molecular flexibility index (Phi) is 13.1. The Morgan fingerprint density at radius 2 is 0.739 bits per heavy atom. The van der Waals surface area contributed by atoms with Gasteiger partial charge in [-0.15, -0.1) is 0 Å². The zero-order valence-corrected chi connectivity index (χ0v) is 26.8. The Balaban J connectivity index is 1.24. The number of carbonyl (C=O) groups excluding carboxylic acids is 2. The fourth-order valence-electron chi connectivity index (χ4n) is 4.99. The molecule has 0 radical (unpaired) electrons. The van der Waals surface area contributed by atoms with Crippen molar-refractivity contribution < 1.29 is 28.5 Å². The summed E-state index contributed by atoms with van der Waals surface area (Å²) in [7, 11) is 3.05. The Labute approximate surface area is 272 Å². The van der Waals surface area contributed by atoms with E-state index in [1.165, 1.54) is 25.3 Å². The highest BCUT2D eigenvalue weighted by Crippen LogP contribution is 2.28. The van der Waals surface area contributed by atoms with Gasteiger partial charge in [-0.1, -0.05) is 110 Å². The van der Waals surface area contributed by atoms with Crippen molar-refractivity contribution >= 4 is 11.9 Å². The van der Waals surface area contributed by atoms with Crippen LogP contribution >= 0.6 is 0 Å². The Hall–Kier alpha value is -4.78. The average Bonchev–Trinajstić information content (AvgIpc) is 3.09. The van der Waals surface area contributed by atoms with E-state index in [9.17, 15) is 9.59 Å². The number of rotatable bonds is 17. The lowest BCUT2D eigenvalue weighted by Gasteiger charge is -2.09. The van der Waals surface area contributed by atoms with E-state index in [1.54, 1.807) is 0 Å². The van der Waals surface area contributed by atoms with Gasteiger partial charge in [0, 0.05) is 14.2 Å². The standard InChI is InChI=1S/C40H42O6/c1-29(27-43-3)39(41)45-25-5-7-31-9-13-33(14-10-31)35-17-21-37(22-18-35)38-23-19-36(20-24-38)34-15-11-32(12-16-34)8-6-26-46-40(42)30(2)28-44-4/h9-24H,1-2,5-8,25-28H2,3-4H3. The summed E-state index contributed by atoms with van der Waals surface area (Å²) in [4.78, 5) is 23.6. The maximum atomic E-state index is 11.8. The molecule has 0 heterocycles. The highest BCUT2D eigenvalue weighted by Gasteiger charge is 2.09. The lowest BCUT2D eigenvalue weighted by atomic mass is 9.97. The van der Waals surface area contributed by atoms with Crippen molar-refractivity contribution in [3.8, 4) is 33.4 Å². The van der Waals surface area contributed by atoms with Gasteiger partial charge in [0.1, 0.15) is 0 Å². The zero-order chi connectivity index (χ0) is 32.7. The fraction of sp³-hybridized carbons (Fsp3) is 0.250. The van der Waals surface area contributed by atoms with Crippen LogP contribution in [0.4, 0.5) is 0 Å². The third kappa shape index (κ3) is 10.1. The maximum absolute atomic E-state index is 11.8. The summed E-state index contributed by atoms with van der Waals surface area (Å²) in [6.45, 7) is 8.41. The molecule has 0 saturated heterocycles. The smallest absolute Gasteiger partial charge is 0.335 e. The Bertz CT molecular complexity index is 1460. The Morgan fingerprint density at radius 3 is 1.00 bits per heavy atom. The monoisotopic (exact) mass is 618 g/mol. The van der Waals surface area contributed by atoms with Gasteiger partial charge in [-0.2, -0.15) is 0 Å². The Morgan fingerprint density at radius 1 is 0.478 bits per heavy atom. The van der Waals surface area contributed by atoms with Crippen LogP contribution in [0, 0.1) is 0 Å². The van der Waals surface area contributed by atoms with Crippen molar-refractivity contribution in [3.63, 3.8) is 0 Å². The second-order valence-electron chi connectivity index (χ2n) is 11.1. The number of carbonyl (C=O) groups is 2. The quantitative estimate of drug-likeness (QED) is 0.0678. The molecule has 0 bridgehead atoms. The molecule has 0 unspecified atom stereocenters. The van der Waals surface area contributed by atoms with E-state index < -0.39 is 11.9 Å². The number of benzene rings is 4. The van der Waals surface area contributed by atoms with E-state index in [2.05, 4.69) is 110 Å². The molecule has 0 amide bonds. The van der Waals surface area contributed by atoms with Crippen molar-refractivity contribution in [2.24, 2.45) is 0 Å². The second kappa shape index (κ2) is 17.6. The number of hydrogen-bond acceptors (Lipinski definition) is 6. The lowest BCUT2D eigenvalue weighted by molar-refractivity contribution is -0.140. The van der Waals surface area contributed by atoms with E-state index in [4.69, 9.17) is 18.9 Å². The van der Waals surface area contributed by atoms with Gasteiger partial charge in [0.05, 0.1) is 37.6 Å². The molecule has 4 aromatic rings. The van der Waals surface area contributed by atoms with Crippen molar-refractivity contribution in [3.05, 3.63) is 132 Å². The summed E-state index contributed by atoms with van der Waals surface area (Å²) in [5.74, 6) is -0.807. The molecule has 0 atom stereocenters. The van der Waals surface area contributed by atoms with Crippen LogP contribution in [-0.2, 0) is 41.4 Å². The molecule has 0 spiro atoms. The van der Waals surface area contributed by atoms with E-state index in [0.717, 1.165) is 59.1 Å². The first-order valence-electron chi connectivity index (χ1n) is 15.4. The van der Waals surface area contributed by atoms with Crippen molar-refractivity contribution in [1.29, 1.82) is 0 Å². The summed E-state index contributed by atoms with van der Waals surface area (Å²) in [6, 6.07) is 34.3. The van der Waals surface area contributed by atoms with Crippen LogP contribution < -0.4 is 0 Å². The van der Waals surface area contributed by atoms with Gasteiger partial charge in [-0.05, 0) is 70.2 Å². The molecule has 0 aromatic heterocycles. The van der Waals surface area contributed by atoms with E-state index in [1.807, 2.05) is 0 Å². The van der Waals surface area contributed by atoms with Crippen LogP contribution in [0.5, 0.6) is 0 Å². The topological polar surface area (TPSA) is 71.1 Å². The molecular formula is C40H42O6. The average molecular weight is 619 g/mol. The molecule has 0 aliphatic rings. The highest BCUT2D eigenvalue weighted by molar-refractivity contribution is 5.88. The summed E-state index contributed by atoms with van der Waals surface area (Å²) in [5.41, 5.74) is 10.0. The number of esters is 2. The van der Waals surface area contributed by atoms with Gasteiger partial charge in [0.15, 0.2) is 0 Å². The summed E-state index contributed by atoms with van der Waals surface area (Å²) in [6.07, 6.45) is 3.15. The first kappa shape index (κ1) is 34.1. The molecule has 0 fully saturated rings. The van der Waals surface area contributed by atoms with Crippen LogP contribution in [-0.4, -0.2) is 52.6 Å². The normalized spacial score (nSPS) is 10.7. The van der Waals surface area contributed by atoms with Crippen LogP contribution in [0.3, 0.4) is 0 Å². The van der Waals surface area contributed by atoms with E-state index in [0.29, 0.717) is 24.4 Å². The zero-order valence-electron chi connectivity index (χ0n) is 26.8. The van der Waals surface area contributed by atoms with Gasteiger partial charge in [0.25, 0.3) is 0 Å². The fourth-order valence-corrected chi connectivity index (χ4v) is 4.99. The highest BCUT2D eigenvalue weighted by atomic mass is 16.5. The van der Waals surface area contributed by atoms with Crippen molar-refractivity contribution in [2.75, 3.05) is 40.6 Å². The summed E-state index contributed by atoms with van der Waals surface area (Å²) < 4.78 is 20.3. The molecule has 4 aromatic carbocycles. The summed E-state index contributed by atoms with van der Waals surface area (Å²) in [5, 5.41) is 0. The first-order chi connectivity index (χ1) is 22.4. The third-order valence-electron chi connectivity index (χ3n) is 7.58. The molecule has 46 heavy (non-hydrogen) atoms. The number of hydrogen-bond donors (Lipinski definition) is 0. The molecule has 4 rings (SSSR count). The molecule has 0 saturated carbocycles. The van der Waals surface area contributed by atoms with E-state index >= 15 is 0 Å². The van der Waals surface area contributed by atoms with Crippen LogP contribution in [0.15, 0.2) is 121 Å². The molecule has 238 valence electrons. The molecule has 6 nitrogen and oxygen atoms in total. The van der Waals surface area contributed by atoms with Crippen molar-refractivity contribution in [2.45, 2.75) is 25.7 Å². The van der Waals surface area contributed by atoms with Gasteiger partial charge in [0.2, 0.25) is 0 Å². The first-order valence-corrected chi connectivity index (χ1v) is 15.4. The van der Waals surface area contributed by atoms with Crippen molar-refractivity contribution in [1.82, 2.24) is 0 Å².